The van der Waals surface area contributed by atoms with E-state index in [1.54, 1.807) is 0 Å². The minimum absolute atomic E-state index is 0.475. The number of piperazine rings is 1. The molecular formula is C28H32N6OS. The number of fused-ring (bicyclic) bond motifs is 2. The van der Waals surface area contributed by atoms with Crippen LogP contribution in [0.5, 0.6) is 0 Å². The maximum absolute atomic E-state index is 5.74. The number of rotatable bonds is 7. The first-order chi connectivity index (χ1) is 17.8. The first-order valence-electron chi connectivity index (χ1n) is 12.7. The van der Waals surface area contributed by atoms with E-state index in [4.69, 9.17) is 4.74 Å². The van der Waals surface area contributed by atoms with Crippen molar-refractivity contribution in [2.75, 3.05) is 56.7 Å². The van der Waals surface area contributed by atoms with Gasteiger partial charge in [0.25, 0.3) is 0 Å². The Morgan fingerprint density at radius 2 is 2.00 bits per heavy atom. The van der Waals surface area contributed by atoms with Crippen molar-refractivity contribution in [3.63, 3.8) is 0 Å². The molecular weight excluding hydrogens is 468 g/mol. The molecule has 0 amide bonds. The third kappa shape index (κ3) is 4.82. The second-order valence-electron chi connectivity index (χ2n) is 9.48. The number of anilines is 2. The molecule has 0 saturated carbocycles. The molecule has 4 heterocycles. The number of morpholine rings is 1. The molecule has 1 unspecified atom stereocenters. The van der Waals surface area contributed by atoms with Gasteiger partial charge >= 0.3 is 0 Å². The lowest BCUT2D eigenvalue weighted by molar-refractivity contribution is -0.0116. The van der Waals surface area contributed by atoms with Crippen LogP contribution < -0.4 is 15.5 Å². The van der Waals surface area contributed by atoms with Gasteiger partial charge in [-0.2, -0.15) is 10.2 Å². The number of benzene rings is 2. The summed E-state index contributed by atoms with van der Waals surface area (Å²) in [5, 5.41) is 16.7. The number of aromatic nitrogens is 2. The number of hydrogen-bond acceptors (Lipinski definition) is 8. The van der Waals surface area contributed by atoms with Crippen molar-refractivity contribution in [1.29, 1.82) is 0 Å². The molecule has 36 heavy (non-hydrogen) atoms. The van der Waals surface area contributed by atoms with Crippen LogP contribution in [0.3, 0.4) is 0 Å². The van der Waals surface area contributed by atoms with E-state index in [1.807, 2.05) is 24.6 Å². The fraction of sp³-hybridized carbons (Fsp3) is 0.357. The third-order valence-corrected chi connectivity index (χ3v) is 8.31. The van der Waals surface area contributed by atoms with Gasteiger partial charge in [-0.15, -0.1) is 11.3 Å². The van der Waals surface area contributed by atoms with Crippen LogP contribution in [-0.4, -0.2) is 67.6 Å². The smallest absolute Gasteiger partial charge is 0.0951 e. The SMILES string of the molecule is CNCc1ccccc1-c1ccc(CNc2cnnc3ccc(N4CCN5CCOCC5C4)cc23)s1. The lowest BCUT2D eigenvalue weighted by atomic mass is 10.1. The van der Waals surface area contributed by atoms with E-state index in [2.05, 4.69) is 85.2 Å². The monoisotopic (exact) mass is 500 g/mol. The van der Waals surface area contributed by atoms with Gasteiger partial charge in [0.1, 0.15) is 0 Å². The van der Waals surface area contributed by atoms with Crippen molar-refractivity contribution >= 4 is 33.6 Å². The Morgan fingerprint density at radius 1 is 1.06 bits per heavy atom. The fourth-order valence-corrected chi connectivity index (χ4v) is 6.28. The zero-order valence-corrected chi connectivity index (χ0v) is 21.4. The van der Waals surface area contributed by atoms with E-state index in [1.165, 1.54) is 26.6 Å². The summed E-state index contributed by atoms with van der Waals surface area (Å²) in [7, 11) is 1.99. The summed E-state index contributed by atoms with van der Waals surface area (Å²) in [6, 6.07) is 20.1. The number of nitrogens with one attached hydrogen (secondary N) is 2. The molecule has 2 aliphatic heterocycles. The summed E-state index contributed by atoms with van der Waals surface area (Å²) < 4.78 is 5.74. The van der Waals surface area contributed by atoms with Crippen molar-refractivity contribution in [2.45, 2.75) is 19.1 Å². The van der Waals surface area contributed by atoms with Gasteiger partial charge in [0.15, 0.2) is 0 Å². The predicted molar refractivity (Wildman–Crippen MR) is 148 cm³/mol. The molecule has 0 radical (unpaired) electrons. The van der Waals surface area contributed by atoms with Gasteiger partial charge < -0.3 is 20.3 Å². The number of hydrogen-bond donors (Lipinski definition) is 2. The standard InChI is InChI=1S/C28H32N6OS/c1-29-15-20-4-2-3-5-24(20)28-9-7-23(36-28)16-30-27-17-31-32-26-8-6-21(14-25(26)27)34-11-10-33-12-13-35-19-22(33)18-34/h2-9,14,17,22,29H,10-13,15-16,18-19H2,1H3,(H,30,32). The quantitative estimate of drug-likeness (QED) is 0.394. The second kappa shape index (κ2) is 10.5. The highest BCUT2D eigenvalue weighted by molar-refractivity contribution is 7.15. The minimum atomic E-state index is 0.475. The average molecular weight is 501 g/mol. The van der Waals surface area contributed by atoms with Crippen LogP contribution in [0.1, 0.15) is 10.4 Å². The molecule has 2 aromatic heterocycles. The number of nitrogens with zero attached hydrogens (tertiary/aromatic N) is 4. The van der Waals surface area contributed by atoms with Crippen LogP contribution in [-0.2, 0) is 17.8 Å². The van der Waals surface area contributed by atoms with Crippen molar-refractivity contribution in [2.24, 2.45) is 0 Å². The van der Waals surface area contributed by atoms with E-state index in [0.717, 1.165) is 69.1 Å². The molecule has 2 aromatic carbocycles. The van der Waals surface area contributed by atoms with Crippen LogP contribution >= 0.6 is 11.3 Å². The molecule has 186 valence electrons. The molecule has 2 N–H and O–H groups in total. The van der Waals surface area contributed by atoms with Crippen LogP contribution in [0.2, 0.25) is 0 Å². The zero-order valence-electron chi connectivity index (χ0n) is 20.6. The Hall–Kier alpha value is -3.04. The Labute approximate surface area is 216 Å². The molecule has 2 fully saturated rings. The molecule has 8 heteroatoms. The molecule has 2 aliphatic rings. The maximum Gasteiger partial charge on any atom is 0.0951 e. The number of ether oxygens (including phenoxy) is 1. The highest BCUT2D eigenvalue weighted by Gasteiger charge is 2.29. The van der Waals surface area contributed by atoms with Gasteiger partial charge in [-0.3, -0.25) is 4.90 Å². The Kier molecular flexibility index (Phi) is 6.83. The molecule has 0 spiro atoms. The van der Waals surface area contributed by atoms with Crippen molar-refractivity contribution < 1.29 is 4.74 Å². The Bertz CT molecular complexity index is 1340. The molecule has 2 saturated heterocycles. The van der Waals surface area contributed by atoms with Gasteiger partial charge in [0.05, 0.1) is 36.7 Å². The topological polar surface area (TPSA) is 65.6 Å². The van der Waals surface area contributed by atoms with Gasteiger partial charge in [-0.25, -0.2) is 0 Å². The first kappa shape index (κ1) is 23.4. The van der Waals surface area contributed by atoms with Crippen LogP contribution in [0.4, 0.5) is 11.4 Å². The van der Waals surface area contributed by atoms with Crippen molar-refractivity contribution in [3.8, 4) is 10.4 Å². The van der Waals surface area contributed by atoms with Gasteiger partial charge in [0, 0.05) is 60.1 Å². The fourth-order valence-electron chi connectivity index (χ4n) is 5.27. The number of thiophene rings is 1. The van der Waals surface area contributed by atoms with Crippen LogP contribution in [0.15, 0.2) is 60.8 Å². The van der Waals surface area contributed by atoms with Crippen LogP contribution in [0, 0.1) is 0 Å². The first-order valence-corrected chi connectivity index (χ1v) is 13.5. The summed E-state index contributed by atoms with van der Waals surface area (Å²) in [6.45, 7) is 7.47. The zero-order chi connectivity index (χ0) is 24.3. The normalized spacial score (nSPS) is 18.4. The summed E-state index contributed by atoms with van der Waals surface area (Å²) in [6.07, 6.45) is 1.84. The summed E-state index contributed by atoms with van der Waals surface area (Å²) >= 11 is 1.84. The Morgan fingerprint density at radius 3 is 2.94 bits per heavy atom. The largest absolute Gasteiger partial charge is 0.378 e. The highest BCUT2D eigenvalue weighted by atomic mass is 32.1. The van der Waals surface area contributed by atoms with Gasteiger partial charge in [-0.05, 0) is 48.5 Å². The third-order valence-electron chi connectivity index (χ3n) is 7.19. The maximum atomic E-state index is 5.74. The van der Waals surface area contributed by atoms with Gasteiger partial charge in [-0.1, -0.05) is 24.3 Å². The van der Waals surface area contributed by atoms with Crippen molar-refractivity contribution in [1.82, 2.24) is 20.4 Å². The average Bonchev–Trinajstić information content (AvgIpc) is 3.41. The van der Waals surface area contributed by atoms with E-state index in [0.29, 0.717) is 6.04 Å². The molecule has 0 bridgehead atoms. The minimum Gasteiger partial charge on any atom is -0.378 e. The lowest BCUT2D eigenvalue weighted by Gasteiger charge is -2.44. The molecule has 4 aromatic rings. The molecule has 1 atom stereocenters. The van der Waals surface area contributed by atoms with Crippen LogP contribution in [0.25, 0.3) is 21.3 Å². The lowest BCUT2D eigenvalue weighted by Crippen LogP contribution is -2.58. The van der Waals surface area contributed by atoms with E-state index < -0.39 is 0 Å². The van der Waals surface area contributed by atoms with Gasteiger partial charge in [0.2, 0.25) is 0 Å². The molecule has 6 rings (SSSR count). The van der Waals surface area contributed by atoms with Crippen molar-refractivity contribution in [3.05, 3.63) is 71.2 Å². The summed E-state index contributed by atoms with van der Waals surface area (Å²) in [5.41, 5.74) is 5.79. The summed E-state index contributed by atoms with van der Waals surface area (Å²) in [4.78, 5) is 7.63. The Balaban J connectivity index is 1.19. The molecule has 7 nitrogen and oxygen atoms in total. The van der Waals surface area contributed by atoms with E-state index in [9.17, 15) is 0 Å². The highest BCUT2D eigenvalue weighted by Crippen LogP contribution is 2.32. The second-order valence-corrected chi connectivity index (χ2v) is 10.6. The van der Waals surface area contributed by atoms with E-state index in [-0.39, 0.29) is 0 Å². The molecule has 0 aliphatic carbocycles. The van der Waals surface area contributed by atoms with E-state index >= 15 is 0 Å². The predicted octanol–water partition coefficient (Wildman–Crippen LogP) is 4.21. The summed E-state index contributed by atoms with van der Waals surface area (Å²) in [5.74, 6) is 0.